The van der Waals surface area contributed by atoms with E-state index >= 15 is 0 Å². The van der Waals surface area contributed by atoms with Gasteiger partial charge in [-0.25, -0.2) is 5.90 Å². The minimum atomic E-state index is -0.104. The molecule has 15 heavy (non-hydrogen) atoms. The van der Waals surface area contributed by atoms with Crippen LogP contribution in [0, 0.1) is 6.92 Å². The number of ether oxygens (including phenoxy) is 1. The molecule has 0 aromatic heterocycles. The highest BCUT2D eigenvalue weighted by Gasteiger charge is 2.23. The Labute approximate surface area is 91.1 Å². The molecule has 0 aliphatic rings. The second-order valence-electron chi connectivity index (χ2n) is 4.33. The number of benzene rings is 1. The Balaban J connectivity index is 3.14. The van der Waals surface area contributed by atoms with Crippen LogP contribution in [0.4, 0.5) is 0 Å². The van der Waals surface area contributed by atoms with Crippen LogP contribution in [-0.4, -0.2) is 13.7 Å². The first-order valence-corrected chi connectivity index (χ1v) is 4.98. The van der Waals surface area contributed by atoms with E-state index in [2.05, 4.69) is 19.9 Å². The van der Waals surface area contributed by atoms with Gasteiger partial charge in [-0.3, -0.25) is 0 Å². The van der Waals surface area contributed by atoms with Crippen molar-refractivity contribution < 1.29 is 9.57 Å². The van der Waals surface area contributed by atoms with Gasteiger partial charge >= 0.3 is 0 Å². The van der Waals surface area contributed by atoms with E-state index in [-0.39, 0.29) is 5.41 Å². The van der Waals surface area contributed by atoms with Gasteiger partial charge < -0.3 is 9.57 Å². The van der Waals surface area contributed by atoms with Gasteiger partial charge in [-0.2, -0.15) is 0 Å². The molecule has 1 aromatic rings. The summed E-state index contributed by atoms with van der Waals surface area (Å²) in [5.41, 5.74) is 2.24. The van der Waals surface area contributed by atoms with Gasteiger partial charge in [0.15, 0.2) is 0 Å². The standard InChI is InChI=1S/C12H19NO2/c1-9-10(12(2,3)8-15-13)6-5-7-11(9)14-4/h5-7H,8,13H2,1-4H3. The molecule has 0 atom stereocenters. The van der Waals surface area contributed by atoms with Gasteiger partial charge in [-0.05, 0) is 24.1 Å². The Morgan fingerprint density at radius 2 is 2.00 bits per heavy atom. The molecule has 84 valence electrons. The summed E-state index contributed by atoms with van der Waals surface area (Å²) in [6.45, 7) is 6.73. The minimum absolute atomic E-state index is 0.104. The maximum Gasteiger partial charge on any atom is 0.122 e. The number of nitrogens with two attached hydrogens (primary N) is 1. The van der Waals surface area contributed by atoms with Crippen molar-refractivity contribution in [3.8, 4) is 5.75 Å². The molecule has 0 spiro atoms. The smallest absolute Gasteiger partial charge is 0.122 e. The number of methoxy groups -OCH3 is 1. The maximum atomic E-state index is 5.29. The van der Waals surface area contributed by atoms with Crippen LogP contribution in [0.1, 0.15) is 25.0 Å². The van der Waals surface area contributed by atoms with Crippen LogP contribution in [-0.2, 0) is 10.3 Å². The summed E-state index contributed by atoms with van der Waals surface area (Å²) in [7, 11) is 1.68. The van der Waals surface area contributed by atoms with Crippen molar-refractivity contribution >= 4 is 0 Å². The lowest BCUT2D eigenvalue weighted by Gasteiger charge is -2.26. The molecule has 0 saturated heterocycles. The van der Waals surface area contributed by atoms with Gasteiger partial charge in [0.25, 0.3) is 0 Å². The average molecular weight is 209 g/mol. The van der Waals surface area contributed by atoms with Crippen LogP contribution >= 0.6 is 0 Å². The molecule has 0 saturated carbocycles. The van der Waals surface area contributed by atoms with Crippen LogP contribution in [0.25, 0.3) is 0 Å². The molecule has 3 heteroatoms. The summed E-state index contributed by atoms with van der Waals surface area (Å²) in [6.07, 6.45) is 0. The highest BCUT2D eigenvalue weighted by atomic mass is 16.6. The largest absolute Gasteiger partial charge is 0.496 e. The third-order valence-electron chi connectivity index (χ3n) is 2.68. The van der Waals surface area contributed by atoms with Crippen LogP contribution in [0.3, 0.4) is 0 Å². The SMILES string of the molecule is COc1cccc(C(C)(C)CON)c1C. The van der Waals surface area contributed by atoms with Crippen molar-refractivity contribution in [2.45, 2.75) is 26.2 Å². The van der Waals surface area contributed by atoms with E-state index in [1.165, 1.54) is 5.56 Å². The maximum absolute atomic E-state index is 5.29. The lowest BCUT2D eigenvalue weighted by Crippen LogP contribution is -2.27. The van der Waals surface area contributed by atoms with E-state index in [0.29, 0.717) is 6.61 Å². The molecular weight excluding hydrogens is 190 g/mol. The molecule has 0 bridgehead atoms. The zero-order valence-corrected chi connectivity index (χ0v) is 9.83. The zero-order chi connectivity index (χ0) is 11.5. The van der Waals surface area contributed by atoms with Gasteiger partial charge in [0.1, 0.15) is 5.75 Å². The molecular formula is C12H19NO2. The molecule has 0 aliphatic heterocycles. The van der Waals surface area contributed by atoms with Gasteiger partial charge in [0, 0.05) is 5.41 Å². The molecule has 0 heterocycles. The fraction of sp³-hybridized carbons (Fsp3) is 0.500. The first kappa shape index (κ1) is 12.0. The van der Waals surface area contributed by atoms with Gasteiger partial charge in [-0.15, -0.1) is 0 Å². The van der Waals surface area contributed by atoms with Gasteiger partial charge in [0.05, 0.1) is 13.7 Å². The van der Waals surface area contributed by atoms with E-state index in [1.54, 1.807) is 7.11 Å². The first-order valence-electron chi connectivity index (χ1n) is 4.98. The summed E-state index contributed by atoms with van der Waals surface area (Å²) < 4.78 is 5.29. The fourth-order valence-corrected chi connectivity index (χ4v) is 1.85. The molecule has 1 aromatic carbocycles. The Kier molecular flexibility index (Phi) is 3.72. The fourth-order valence-electron chi connectivity index (χ4n) is 1.85. The Hall–Kier alpha value is -1.06. The molecule has 0 aliphatic carbocycles. The number of rotatable bonds is 4. The van der Waals surface area contributed by atoms with Crippen molar-refractivity contribution in [2.24, 2.45) is 5.90 Å². The summed E-state index contributed by atoms with van der Waals surface area (Å²) in [6, 6.07) is 6.02. The topological polar surface area (TPSA) is 44.5 Å². The lowest BCUT2D eigenvalue weighted by molar-refractivity contribution is 0.0961. The van der Waals surface area contributed by atoms with Gasteiger partial charge in [-0.1, -0.05) is 26.0 Å². The Morgan fingerprint density at radius 1 is 1.33 bits per heavy atom. The van der Waals surface area contributed by atoms with Crippen molar-refractivity contribution in [3.63, 3.8) is 0 Å². The molecule has 0 unspecified atom stereocenters. The third kappa shape index (κ3) is 2.49. The van der Waals surface area contributed by atoms with Crippen molar-refractivity contribution in [1.82, 2.24) is 0 Å². The summed E-state index contributed by atoms with van der Waals surface area (Å²) >= 11 is 0. The Morgan fingerprint density at radius 3 is 2.53 bits per heavy atom. The highest BCUT2D eigenvalue weighted by molar-refractivity contribution is 5.42. The Bertz CT molecular complexity index is 334. The lowest BCUT2D eigenvalue weighted by atomic mass is 9.82. The molecule has 2 N–H and O–H groups in total. The van der Waals surface area contributed by atoms with E-state index in [9.17, 15) is 0 Å². The summed E-state index contributed by atoms with van der Waals surface area (Å²) in [5, 5.41) is 0. The van der Waals surface area contributed by atoms with Crippen LogP contribution in [0.15, 0.2) is 18.2 Å². The predicted molar refractivity (Wildman–Crippen MR) is 60.9 cm³/mol. The van der Waals surface area contributed by atoms with E-state index in [0.717, 1.165) is 11.3 Å². The number of hydrogen-bond acceptors (Lipinski definition) is 3. The molecule has 0 fully saturated rings. The zero-order valence-electron chi connectivity index (χ0n) is 9.83. The summed E-state index contributed by atoms with van der Waals surface area (Å²) in [4.78, 5) is 4.75. The molecule has 1 rings (SSSR count). The molecule has 0 amide bonds. The predicted octanol–water partition coefficient (Wildman–Crippen LogP) is 2.17. The monoisotopic (exact) mass is 209 g/mol. The quantitative estimate of drug-likeness (QED) is 0.773. The van der Waals surface area contributed by atoms with Crippen LogP contribution in [0.2, 0.25) is 0 Å². The third-order valence-corrected chi connectivity index (χ3v) is 2.68. The summed E-state index contributed by atoms with van der Waals surface area (Å²) in [5.74, 6) is 6.04. The highest BCUT2D eigenvalue weighted by Crippen LogP contribution is 2.31. The van der Waals surface area contributed by atoms with E-state index in [4.69, 9.17) is 15.5 Å². The van der Waals surface area contributed by atoms with Crippen molar-refractivity contribution in [2.75, 3.05) is 13.7 Å². The second-order valence-corrected chi connectivity index (χ2v) is 4.33. The average Bonchev–Trinajstić information content (AvgIpc) is 2.17. The van der Waals surface area contributed by atoms with E-state index in [1.807, 2.05) is 19.1 Å². The van der Waals surface area contributed by atoms with Gasteiger partial charge in [0.2, 0.25) is 0 Å². The number of hydrogen-bond donors (Lipinski definition) is 1. The molecule has 3 nitrogen and oxygen atoms in total. The first-order chi connectivity index (χ1) is 7.03. The van der Waals surface area contributed by atoms with Crippen molar-refractivity contribution in [3.05, 3.63) is 29.3 Å². The van der Waals surface area contributed by atoms with E-state index < -0.39 is 0 Å². The van der Waals surface area contributed by atoms with Crippen molar-refractivity contribution in [1.29, 1.82) is 0 Å². The normalized spacial score (nSPS) is 11.5. The molecule has 0 radical (unpaired) electrons. The minimum Gasteiger partial charge on any atom is -0.496 e. The second kappa shape index (κ2) is 4.64. The van der Waals surface area contributed by atoms with Crippen LogP contribution < -0.4 is 10.6 Å². The van der Waals surface area contributed by atoms with Crippen LogP contribution in [0.5, 0.6) is 5.75 Å².